The normalized spacial score (nSPS) is 41.7. The number of Topliss-reactive ketones (excluding diaryl/α,β-unsaturated/α-hetero) is 1. The number of ether oxygens (including phenoxy) is 4. The van der Waals surface area contributed by atoms with Gasteiger partial charge in [0.05, 0.1) is 55.2 Å². The lowest BCUT2D eigenvalue weighted by atomic mass is 9.83. The molecule has 0 aromatic heterocycles. The van der Waals surface area contributed by atoms with Crippen molar-refractivity contribution in [2.45, 2.75) is 158 Å². The van der Waals surface area contributed by atoms with Crippen LogP contribution < -0.4 is 5.73 Å². The fraction of sp³-hybridized carbons (Fsp3) is 0.675. The van der Waals surface area contributed by atoms with Crippen LogP contribution in [0.1, 0.15) is 85.0 Å². The van der Waals surface area contributed by atoms with Crippen LogP contribution in [-0.4, -0.2) is 127 Å². The molecular weight excluding hydrogens is 718 g/mol. The van der Waals surface area contributed by atoms with Crippen molar-refractivity contribution in [3.05, 3.63) is 60.8 Å². The largest absolute Gasteiger partial charge is 0.481 e. The Morgan fingerprint density at radius 3 is 2.27 bits per heavy atom. The van der Waals surface area contributed by atoms with E-state index in [4.69, 9.17) is 24.7 Å². The molecule has 0 spiro atoms. The van der Waals surface area contributed by atoms with Crippen LogP contribution in [0, 0.1) is 11.8 Å². The van der Waals surface area contributed by atoms with E-state index in [1.807, 2.05) is 26.0 Å². The number of aliphatic carboxylic acids is 1. The number of nitrogens with two attached hydrogens (primary N) is 1. The second-order valence-corrected chi connectivity index (χ2v) is 14.9. The van der Waals surface area contributed by atoms with Gasteiger partial charge in [0.1, 0.15) is 23.9 Å². The number of carboxylic acid groups (broad SMARTS) is 1. The molecule has 0 aromatic carbocycles. The van der Waals surface area contributed by atoms with Crippen LogP contribution in [-0.2, 0) is 33.3 Å². The first-order chi connectivity index (χ1) is 26.0. The fourth-order valence-corrected chi connectivity index (χ4v) is 6.89. The third kappa shape index (κ3) is 15.1. The zero-order valence-electron chi connectivity index (χ0n) is 31.9. The van der Waals surface area contributed by atoms with Crippen LogP contribution in [0.5, 0.6) is 0 Å². The number of esters is 1. The van der Waals surface area contributed by atoms with Gasteiger partial charge in [-0.25, -0.2) is 0 Å². The number of ketones is 1. The van der Waals surface area contributed by atoms with Gasteiger partial charge >= 0.3 is 11.9 Å². The summed E-state index contributed by atoms with van der Waals surface area (Å²) in [6.07, 6.45) is 5.42. The van der Waals surface area contributed by atoms with Crippen LogP contribution in [0.15, 0.2) is 60.8 Å². The number of aliphatic hydroxyl groups excluding tert-OH is 5. The van der Waals surface area contributed by atoms with Gasteiger partial charge in [-0.15, -0.1) is 0 Å². The predicted octanol–water partition coefficient (Wildman–Crippen LogP) is 1.87. The first kappa shape index (κ1) is 46.3. The maximum Gasteiger partial charge on any atom is 0.311 e. The molecule has 15 heteroatoms. The number of hydrogen-bond donors (Lipinski definition) is 8. The van der Waals surface area contributed by atoms with E-state index in [-0.39, 0.29) is 50.2 Å². The summed E-state index contributed by atoms with van der Waals surface area (Å²) in [6, 6.07) is -1.10. The van der Waals surface area contributed by atoms with Crippen molar-refractivity contribution in [1.29, 1.82) is 0 Å². The molecule has 15 nitrogen and oxygen atoms in total. The Balaban J connectivity index is 1.88. The molecule has 2 bridgehead atoms. The molecule has 0 radical (unpaired) electrons. The van der Waals surface area contributed by atoms with E-state index in [2.05, 4.69) is 0 Å². The number of carbonyl (C=O) groups excluding carboxylic acids is 2. The average Bonchev–Trinajstić information content (AvgIpc) is 3.09. The molecule has 0 aliphatic carbocycles. The molecule has 3 heterocycles. The topological polar surface area (TPSA) is 256 Å². The van der Waals surface area contributed by atoms with Crippen molar-refractivity contribution in [2.24, 2.45) is 17.6 Å². The fourth-order valence-electron chi connectivity index (χ4n) is 6.89. The van der Waals surface area contributed by atoms with Crippen molar-refractivity contribution in [2.75, 3.05) is 0 Å². The summed E-state index contributed by atoms with van der Waals surface area (Å²) < 4.78 is 23.3. The first-order valence-corrected chi connectivity index (χ1v) is 19.2. The van der Waals surface area contributed by atoms with E-state index in [1.54, 1.807) is 55.5 Å². The maximum atomic E-state index is 12.6. The Morgan fingerprint density at radius 2 is 1.62 bits per heavy atom. The number of cyclic esters (lactones) is 1. The zero-order valence-corrected chi connectivity index (χ0v) is 31.9. The van der Waals surface area contributed by atoms with Crippen molar-refractivity contribution in [3.63, 3.8) is 0 Å². The standard InChI is InChI=1S/C40H61NO14/c1-4-24(2)31-18-13-11-9-7-5-6-8-10-12-17-29(53-39-37(48)35(41)36(47)25(3)52-39)21-32-34(38(49)50)30(45)23-40(51,55-32)22-27(43)16-14-15-26(42)19-28(44)20-33(46)54-31/h5-13,17,24-25,27-32,34-37,39,43-45,47-48,51H,4,14-16,18-23,41H2,1-3H3,(H,49,50)/b6-5+,9-7+,10-8+,13-11-,17-12+/t24?,25-,27?,28?,29?,30?,31?,32?,34?,35+,36-,37+,39+,40?/m1/s1. The molecule has 310 valence electrons. The van der Waals surface area contributed by atoms with E-state index in [9.17, 15) is 50.1 Å². The van der Waals surface area contributed by atoms with Gasteiger partial charge in [0, 0.05) is 38.5 Å². The second kappa shape index (κ2) is 22.6. The van der Waals surface area contributed by atoms with Gasteiger partial charge in [-0.05, 0) is 25.7 Å². The summed E-state index contributed by atoms with van der Waals surface area (Å²) >= 11 is 0. The minimum Gasteiger partial charge on any atom is -0.481 e. The van der Waals surface area contributed by atoms with Crippen molar-refractivity contribution in [1.82, 2.24) is 0 Å². The molecule has 3 aliphatic rings. The van der Waals surface area contributed by atoms with Gasteiger partial charge in [-0.3, -0.25) is 14.4 Å². The molecule has 3 rings (SSSR count). The summed E-state index contributed by atoms with van der Waals surface area (Å²) in [6.45, 7) is 5.51. The molecule has 2 saturated heterocycles. The summed E-state index contributed by atoms with van der Waals surface area (Å²) in [4.78, 5) is 37.6. The van der Waals surface area contributed by atoms with E-state index in [1.165, 1.54) is 0 Å². The van der Waals surface area contributed by atoms with Crippen LogP contribution in [0.25, 0.3) is 0 Å². The third-order valence-corrected chi connectivity index (χ3v) is 10.3. The Morgan fingerprint density at radius 1 is 0.964 bits per heavy atom. The summed E-state index contributed by atoms with van der Waals surface area (Å²) in [7, 11) is 0. The van der Waals surface area contributed by atoms with Gasteiger partial charge < -0.3 is 60.4 Å². The highest BCUT2D eigenvalue weighted by molar-refractivity contribution is 5.80. The molecule has 14 atom stereocenters. The smallest absolute Gasteiger partial charge is 0.311 e. The molecule has 0 amide bonds. The molecule has 9 unspecified atom stereocenters. The molecular formula is C40H61NO14. The predicted molar refractivity (Wildman–Crippen MR) is 200 cm³/mol. The van der Waals surface area contributed by atoms with Crippen molar-refractivity contribution in [3.8, 4) is 0 Å². The van der Waals surface area contributed by atoms with Gasteiger partial charge in [-0.2, -0.15) is 0 Å². The highest BCUT2D eigenvalue weighted by atomic mass is 16.7. The van der Waals surface area contributed by atoms with Crippen LogP contribution in [0.2, 0.25) is 0 Å². The van der Waals surface area contributed by atoms with E-state index >= 15 is 0 Å². The number of allylic oxidation sites excluding steroid dienone is 8. The van der Waals surface area contributed by atoms with Gasteiger partial charge in [0.2, 0.25) is 0 Å². The number of carboxylic acids is 1. The molecule has 3 aliphatic heterocycles. The lowest BCUT2D eigenvalue weighted by molar-refractivity contribution is -0.308. The summed E-state index contributed by atoms with van der Waals surface area (Å²) in [5.74, 6) is -5.93. The average molecular weight is 780 g/mol. The zero-order chi connectivity index (χ0) is 40.7. The Labute approximate surface area is 322 Å². The molecule has 2 fully saturated rings. The minimum atomic E-state index is -2.16. The number of fused-ring (bicyclic) bond motifs is 2. The van der Waals surface area contributed by atoms with Crippen LogP contribution >= 0.6 is 0 Å². The van der Waals surface area contributed by atoms with E-state index < -0.39 is 104 Å². The van der Waals surface area contributed by atoms with Crippen molar-refractivity contribution >= 4 is 17.7 Å². The molecule has 0 saturated carbocycles. The molecule has 55 heavy (non-hydrogen) atoms. The number of rotatable bonds is 5. The lowest BCUT2D eigenvalue weighted by Crippen LogP contribution is -2.61. The first-order valence-electron chi connectivity index (χ1n) is 19.2. The quantitative estimate of drug-likeness (QED) is 0.185. The summed E-state index contributed by atoms with van der Waals surface area (Å²) in [5, 5.41) is 74.7. The van der Waals surface area contributed by atoms with Gasteiger partial charge in [0.25, 0.3) is 0 Å². The molecule has 9 N–H and O–H groups in total. The van der Waals surface area contributed by atoms with Crippen molar-refractivity contribution < 1.29 is 69.1 Å². The number of carbonyl (C=O) groups is 3. The third-order valence-electron chi connectivity index (χ3n) is 10.3. The highest BCUT2D eigenvalue weighted by Gasteiger charge is 2.50. The van der Waals surface area contributed by atoms with E-state index in [0.717, 1.165) is 6.42 Å². The number of hydrogen-bond acceptors (Lipinski definition) is 14. The molecule has 0 aromatic rings. The minimum absolute atomic E-state index is 0.0218. The Bertz CT molecular complexity index is 1380. The Kier molecular flexibility index (Phi) is 19.0. The SMILES string of the molecule is CCC(C)C1C\C=C/C=C/C=C/C=C/C=C/C(O[C@@H]2O[C@H](C)[C@@H](O)[C@H](N)[C@@H]2O)CC2OC(O)(CC(O)CCCC(=O)CC(O)CC(=O)O1)CC(O)C2C(=O)O. The lowest BCUT2D eigenvalue weighted by Gasteiger charge is -2.45. The monoisotopic (exact) mass is 779 g/mol. The van der Waals surface area contributed by atoms with Crippen LogP contribution in [0.3, 0.4) is 0 Å². The van der Waals surface area contributed by atoms with Gasteiger partial charge in [-0.1, -0.05) is 81.0 Å². The highest BCUT2D eigenvalue weighted by Crippen LogP contribution is 2.38. The van der Waals surface area contributed by atoms with E-state index in [0.29, 0.717) is 6.42 Å². The maximum absolute atomic E-state index is 12.6. The Hall–Kier alpha value is -3.09. The number of aliphatic hydroxyl groups is 6. The van der Waals surface area contributed by atoms with Crippen LogP contribution in [0.4, 0.5) is 0 Å². The second-order valence-electron chi connectivity index (χ2n) is 14.9. The van der Waals surface area contributed by atoms with Gasteiger partial charge in [0.15, 0.2) is 12.1 Å². The summed E-state index contributed by atoms with van der Waals surface area (Å²) in [5.41, 5.74) is 6.00.